The fourth-order valence-electron chi connectivity index (χ4n) is 1.87. The third kappa shape index (κ3) is 4.27. The zero-order chi connectivity index (χ0) is 13.7. The highest BCUT2D eigenvalue weighted by atomic mass is 32.1. The van der Waals surface area contributed by atoms with Crippen molar-refractivity contribution in [1.82, 2.24) is 4.90 Å². The van der Waals surface area contributed by atoms with Gasteiger partial charge in [-0.15, -0.1) is 0 Å². The van der Waals surface area contributed by atoms with Gasteiger partial charge in [-0.1, -0.05) is 29.9 Å². The second-order valence-corrected chi connectivity index (χ2v) is 5.30. The molecule has 0 saturated heterocycles. The number of methoxy groups -OCH3 is 1. The Labute approximate surface area is 115 Å². The predicted molar refractivity (Wildman–Crippen MR) is 80.1 cm³/mol. The molecule has 4 heteroatoms. The number of rotatable bonds is 6. The Bertz CT molecular complexity index is 418. The Balaban J connectivity index is 2.92. The first-order chi connectivity index (χ1) is 8.43. The SMILES string of the molecule is COc1ccc(C)cc1CN(CC(N)=S)C(C)C. The molecule has 0 aromatic heterocycles. The first-order valence-corrected chi connectivity index (χ1v) is 6.50. The smallest absolute Gasteiger partial charge is 0.123 e. The van der Waals surface area contributed by atoms with E-state index < -0.39 is 0 Å². The maximum atomic E-state index is 5.64. The number of nitrogens with two attached hydrogens (primary N) is 1. The number of aryl methyl sites for hydroxylation is 1. The van der Waals surface area contributed by atoms with Crippen LogP contribution in [0.15, 0.2) is 18.2 Å². The summed E-state index contributed by atoms with van der Waals surface area (Å²) in [6, 6.07) is 6.59. The van der Waals surface area contributed by atoms with Crippen LogP contribution in [0.3, 0.4) is 0 Å². The van der Waals surface area contributed by atoms with Crippen molar-refractivity contribution >= 4 is 17.2 Å². The Kier molecular flexibility index (Phi) is 5.56. The highest BCUT2D eigenvalue weighted by molar-refractivity contribution is 7.80. The summed E-state index contributed by atoms with van der Waals surface area (Å²) < 4.78 is 5.40. The summed E-state index contributed by atoms with van der Waals surface area (Å²) in [5.74, 6) is 0.911. The molecule has 0 saturated carbocycles. The molecule has 1 aromatic rings. The molecule has 2 N–H and O–H groups in total. The zero-order valence-corrected chi connectivity index (χ0v) is 12.4. The molecule has 0 radical (unpaired) electrons. The van der Waals surface area contributed by atoms with Gasteiger partial charge in [-0.25, -0.2) is 0 Å². The van der Waals surface area contributed by atoms with Crippen LogP contribution >= 0.6 is 12.2 Å². The molecule has 0 aliphatic heterocycles. The summed E-state index contributed by atoms with van der Waals surface area (Å²) >= 11 is 5.00. The Morgan fingerprint density at radius 2 is 2.11 bits per heavy atom. The predicted octanol–water partition coefficient (Wildman–Crippen LogP) is 2.50. The van der Waals surface area contributed by atoms with Crippen molar-refractivity contribution in [2.75, 3.05) is 13.7 Å². The van der Waals surface area contributed by atoms with Crippen molar-refractivity contribution in [2.24, 2.45) is 5.73 Å². The number of benzene rings is 1. The van der Waals surface area contributed by atoms with Crippen LogP contribution in [0.2, 0.25) is 0 Å². The zero-order valence-electron chi connectivity index (χ0n) is 11.6. The van der Waals surface area contributed by atoms with Crippen molar-refractivity contribution in [3.8, 4) is 5.75 Å². The fourth-order valence-corrected chi connectivity index (χ4v) is 2.04. The van der Waals surface area contributed by atoms with Gasteiger partial charge in [0.25, 0.3) is 0 Å². The molecule has 0 aliphatic rings. The van der Waals surface area contributed by atoms with E-state index in [-0.39, 0.29) is 0 Å². The van der Waals surface area contributed by atoms with Gasteiger partial charge < -0.3 is 10.5 Å². The van der Waals surface area contributed by atoms with E-state index in [1.54, 1.807) is 7.11 Å². The molecule has 18 heavy (non-hydrogen) atoms. The summed E-state index contributed by atoms with van der Waals surface area (Å²) in [6.07, 6.45) is 0. The maximum absolute atomic E-state index is 5.64. The molecule has 1 aromatic carbocycles. The normalized spacial score (nSPS) is 11.0. The number of ether oxygens (including phenoxy) is 1. The highest BCUT2D eigenvalue weighted by Gasteiger charge is 2.14. The van der Waals surface area contributed by atoms with E-state index in [2.05, 4.69) is 37.8 Å². The largest absolute Gasteiger partial charge is 0.496 e. The van der Waals surface area contributed by atoms with Gasteiger partial charge >= 0.3 is 0 Å². The van der Waals surface area contributed by atoms with E-state index in [1.807, 2.05) is 6.07 Å². The minimum atomic E-state index is 0.386. The first kappa shape index (κ1) is 14.9. The number of nitrogens with zero attached hydrogens (tertiary/aromatic N) is 1. The van der Waals surface area contributed by atoms with Crippen LogP contribution < -0.4 is 10.5 Å². The second kappa shape index (κ2) is 6.71. The Hall–Kier alpha value is -1.13. The van der Waals surface area contributed by atoms with E-state index in [0.717, 1.165) is 12.3 Å². The Morgan fingerprint density at radius 3 is 2.61 bits per heavy atom. The van der Waals surface area contributed by atoms with Gasteiger partial charge in [0.15, 0.2) is 0 Å². The van der Waals surface area contributed by atoms with Gasteiger partial charge in [-0.3, -0.25) is 4.90 Å². The lowest BCUT2D eigenvalue weighted by Gasteiger charge is -2.26. The molecule has 3 nitrogen and oxygen atoms in total. The number of hydrogen-bond donors (Lipinski definition) is 1. The van der Waals surface area contributed by atoms with Crippen LogP contribution in [0.25, 0.3) is 0 Å². The topological polar surface area (TPSA) is 38.5 Å². The van der Waals surface area contributed by atoms with Crippen LogP contribution in [-0.4, -0.2) is 29.6 Å². The second-order valence-electron chi connectivity index (χ2n) is 4.78. The molecule has 0 atom stereocenters. The highest BCUT2D eigenvalue weighted by Crippen LogP contribution is 2.22. The van der Waals surface area contributed by atoms with Crippen molar-refractivity contribution < 1.29 is 4.74 Å². The number of hydrogen-bond acceptors (Lipinski definition) is 3. The average Bonchev–Trinajstić information content (AvgIpc) is 2.27. The van der Waals surface area contributed by atoms with E-state index in [1.165, 1.54) is 11.1 Å². The van der Waals surface area contributed by atoms with Crippen LogP contribution in [0.4, 0.5) is 0 Å². The molecule has 0 bridgehead atoms. The average molecular weight is 266 g/mol. The van der Waals surface area contributed by atoms with Gasteiger partial charge in [-0.2, -0.15) is 0 Å². The molecule has 100 valence electrons. The molecule has 0 unspecified atom stereocenters. The lowest BCUT2D eigenvalue weighted by atomic mass is 10.1. The molecule has 0 fully saturated rings. The van der Waals surface area contributed by atoms with Gasteiger partial charge in [0.2, 0.25) is 0 Å². The lowest BCUT2D eigenvalue weighted by molar-refractivity contribution is 0.241. The van der Waals surface area contributed by atoms with Crippen LogP contribution in [0, 0.1) is 6.92 Å². The molecule has 0 spiro atoms. The third-order valence-electron chi connectivity index (χ3n) is 2.90. The molecule has 0 amide bonds. The minimum absolute atomic E-state index is 0.386. The van der Waals surface area contributed by atoms with E-state index >= 15 is 0 Å². The first-order valence-electron chi connectivity index (χ1n) is 6.10. The summed E-state index contributed by atoms with van der Waals surface area (Å²) in [5.41, 5.74) is 8.04. The van der Waals surface area contributed by atoms with E-state index in [0.29, 0.717) is 17.6 Å². The van der Waals surface area contributed by atoms with Crippen molar-refractivity contribution in [1.29, 1.82) is 0 Å². The summed E-state index contributed by atoms with van der Waals surface area (Å²) in [7, 11) is 1.70. The Morgan fingerprint density at radius 1 is 1.44 bits per heavy atom. The quantitative estimate of drug-likeness (QED) is 0.803. The molecule has 1 rings (SSSR count). The van der Waals surface area contributed by atoms with Crippen molar-refractivity contribution in [3.63, 3.8) is 0 Å². The van der Waals surface area contributed by atoms with Gasteiger partial charge in [0.05, 0.1) is 12.1 Å². The maximum Gasteiger partial charge on any atom is 0.123 e. The molecule has 0 heterocycles. The van der Waals surface area contributed by atoms with Crippen LogP contribution in [0.1, 0.15) is 25.0 Å². The van der Waals surface area contributed by atoms with Gasteiger partial charge in [0, 0.05) is 24.7 Å². The minimum Gasteiger partial charge on any atom is -0.496 e. The molecular formula is C14H22N2OS. The van der Waals surface area contributed by atoms with E-state index in [9.17, 15) is 0 Å². The fraction of sp³-hybridized carbons (Fsp3) is 0.500. The van der Waals surface area contributed by atoms with Crippen molar-refractivity contribution in [3.05, 3.63) is 29.3 Å². The lowest BCUT2D eigenvalue weighted by Crippen LogP contribution is -2.37. The van der Waals surface area contributed by atoms with Crippen LogP contribution in [-0.2, 0) is 6.54 Å². The number of thiocarbonyl (C=S) groups is 1. The molecule has 0 aliphatic carbocycles. The summed E-state index contributed by atoms with van der Waals surface area (Å²) in [4.78, 5) is 2.76. The summed E-state index contributed by atoms with van der Waals surface area (Å²) in [5, 5.41) is 0. The third-order valence-corrected chi connectivity index (χ3v) is 3.03. The van der Waals surface area contributed by atoms with Crippen molar-refractivity contribution in [2.45, 2.75) is 33.4 Å². The van der Waals surface area contributed by atoms with Gasteiger partial charge in [0.1, 0.15) is 5.75 Å². The van der Waals surface area contributed by atoms with E-state index in [4.69, 9.17) is 22.7 Å². The molecular weight excluding hydrogens is 244 g/mol. The van der Waals surface area contributed by atoms with Crippen LogP contribution in [0.5, 0.6) is 5.75 Å². The standard InChI is InChI=1S/C14H22N2OS/c1-10(2)16(9-14(15)18)8-12-7-11(3)5-6-13(12)17-4/h5-7,10H,8-9H2,1-4H3,(H2,15,18). The van der Waals surface area contributed by atoms with Gasteiger partial charge in [-0.05, 0) is 26.8 Å². The summed E-state index contributed by atoms with van der Waals surface area (Å²) in [6.45, 7) is 7.78. The monoisotopic (exact) mass is 266 g/mol.